The van der Waals surface area contributed by atoms with E-state index < -0.39 is 0 Å². The minimum atomic E-state index is 0.0660. The average molecular weight is 204 g/mol. The second-order valence-electron chi connectivity index (χ2n) is 3.06. The molecule has 0 aromatic carbocycles. The molecule has 0 heterocycles. The van der Waals surface area contributed by atoms with E-state index in [1.165, 1.54) is 0 Å². The standard InChI is InChI=1S/C9H20N2O3/c1-10-7-9(13)8-11(3-5-12)4-6-14-2/h10,12H,3-8H2,1-2H3. The van der Waals surface area contributed by atoms with Gasteiger partial charge in [0.25, 0.3) is 0 Å². The largest absolute Gasteiger partial charge is 0.395 e. The topological polar surface area (TPSA) is 61.8 Å². The zero-order valence-corrected chi connectivity index (χ0v) is 8.95. The molecule has 0 atom stereocenters. The Morgan fingerprint density at radius 2 is 2.21 bits per heavy atom. The van der Waals surface area contributed by atoms with Crippen molar-refractivity contribution >= 4 is 5.78 Å². The van der Waals surface area contributed by atoms with Crippen LogP contribution >= 0.6 is 0 Å². The maximum atomic E-state index is 11.3. The van der Waals surface area contributed by atoms with Crippen LogP contribution < -0.4 is 5.32 Å². The molecule has 0 bridgehead atoms. The van der Waals surface area contributed by atoms with Crippen molar-refractivity contribution in [3.63, 3.8) is 0 Å². The number of ketones is 1. The lowest BCUT2D eigenvalue weighted by molar-refractivity contribution is -0.119. The third-order valence-corrected chi connectivity index (χ3v) is 1.80. The third-order valence-electron chi connectivity index (χ3n) is 1.80. The monoisotopic (exact) mass is 204 g/mol. The molecule has 0 saturated carbocycles. The molecule has 0 fully saturated rings. The zero-order valence-electron chi connectivity index (χ0n) is 8.95. The number of hydrogen-bond acceptors (Lipinski definition) is 5. The fourth-order valence-corrected chi connectivity index (χ4v) is 1.13. The van der Waals surface area contributed by atoms with Gasteiger partial charge in [0.05, 0.1) is 26.3 Å². The van der Waals surface area contributed by atoms with Crippen molar-refractivity contribution < 1.29 is 14.6 Å². The molecule has 0 unspecified atom stereocenters. The van der Waals surface area contributed by atoms with Crippen LogP contribution in [-0.2, 0) is 9.53 Å². The van der Waals surface area contributed by atoms with Crippen molar-refractivity contribution in [2.45, 2.75) is 0 Å². The smallest absolute Gasteiger partial charge is 0.160 e. The Balaban J connectivity index is 3.75. The quantitative estimate of drug-likeness (QED) is 0.489. The molecule has 0 amide bonds. The van der Waals surface area contributed by atoms with E-state index in [-0.39, 0.29) is 12.4 Å². The molecule has 0 spiro atoms. The fourth-order valence-electron chi connectivity index (χ4n) is 1.13. The van der Waals surface area contributed by atoms with E-state index in [0.717, 1.165) is 0 Å². The molecule has 0 aromatic rings. The zero-order chi connectivity index (χ0) is 10.8. The first kappa shape index (κ1) is 13.5. The molecule has 14 heavy (non-hydrogen) atoms. The van der Waals surface area contributed by atoms with Crippen LogP contribution in [0.1, 0.15) is 0 Å². The van der Waals surface area contributed by atoms with Crippen LogP contribution in [0.3, 0.4) is 0 Å². The number of carbonyl (C=O) groups excluding carboxylic acids is 1. The minimum absolute atomic E-state index is 0.0660. The van der Waals surface area contributed by atoms with Crippen LogP contribution in [0.4, 0.5) is 0 Å². The van der Waals surface area contributed by atoms with Crippen molar-refractivity contribution in [1.29, 1.82) is 0 Å². The molecule has 84 valence electrons. The van der Waals surface area contributed by atoms with E-state index >= 15 is 0 Å². The molecule has 0 aliphatic carbocycles. The summed E-state index contributed by atoms with van der Waals surface area (Å²) in [5.41, 5.74) is 0. The molecule has 0 radical (unpaired) electrons. The number of methoxy groups -OCH3 is 1. The second-order valence-corrected chi connectivity index (χ2v) is 3.06. The van der Waals surface area contributed by atoms with E-state index in [4.69, 9.17) is 9.84 Å². The molecule has 0 aliphatic heterocycles. The Kier molecular flexibility index (Phi) is 8.76. The van der Waals surface area contributed by atoms with E-state index in [1.54, 1.807) is 14.2 Å². The van der Waals surface area contributed by atoms with E-state index in [9.17, 15) is 4.79 Å². The summed E-state index contributed by atoms with van der Waals surface area (Å²) in [6, 6.07) is 0. The highest BCUT2D eigenvalue weighted by Crippen LogP contribution is 1.88. The first-order chi connectivity index (χ1) is 6.74. The van der Waals surface area contributed by atoms with Gasteiger partial charge in [0.1, 0.15) is 0 Å². The van der Waals surface area contributed by atoms with Crippen LogP contribution in [0.5, 0.6) is 0 Å². The van der Waals surface area contributed by atoms with Gasteiger partial charge in [-0.2, -0.15) is 0 Å². The maximum absolute atomic E-state index is 11.3. The number of aliphatic hydroxyl groups excluding tert-OH is 1. The number of ether oxygens (including phenoxy) is 1. The lowest BCUT2D eigenvalue weighted by Crippen LogP contribution is -2.37. The average Bonchev–Trinajstić information content (AvgIpc) is 2.15. The molecule has 0 rings (SSSR count). The second kappa shape index (κ2) is 9.08. The predicted molar refractivity (Wildman–Crippen MR) is 54.3 cm³/mol. The Morgan fingerprint density at radius 1 is 1.50 bits per heavy atom. The molecular formula is C9H20N2O3. The van der Waals surface area contributed by atoms with Crippen molar-refractivity contribution in [1.82, 2.24) is 10.2 Å². The summed E-state index contributed by atoms with van der Waals surface area (Å²) in [7, 11) is 3.36. The van der Waals surface area contributed by atoms with Crippen LogP contribution in [0.15, 0.2) is 0 Å². The summed E-state index contributed by atoms with van der Waals surface area (Å²) in [5.74, 6) is 0.122. The van der Waals surface area contributed by atoms with Crippen molar-refractivity contribution in [3.8, 4) is 0 Å². The summed E-state index contributed by atoms with van der Waals surface area (Å²) in [5, 5.41) is 11.6. The van der Waals surface area contributed by atoms with Crippen LogP contribution in [0.25, 0.3) is 0 Å². The van der Waals surface area contributed by atoms with Gasteiger partial charge in [-0.15, -0.1) is 0 Å². The summed E-state index contributed by atoms with van der Waals surface area (Å²) in [6.45, 7) is 2.56. The summed E-state index contributed by atoms with van der Waals surface area (Å²) in [6.07, 6.45) is 0. The van der Waals surface area contributed by atoms with Gasteiger partial charge < -0.3 is 15.2 Å². The third kappa shape index (κ3) is 6.97. The Labute approximate surface area is 85.0 Å². The Morgan fingerprint density at radius 3 is 2.71 bits per heavy atom. The molecule has 5 nitrogen and oxygen atoms in total. The SMILES string of the molecule is CNCC(=O)CN(CCO)CCOC. The first-order valence-corrected chi connectivity index (χ1v) is 4.73. The molecule has 0 saturated heterocycles. The normalized spacial score (nSPS) is 10.9. The Bertz CT molecular complexity index is 153. The summed E-state index contributed by atoms with van der Waals surface area (Å²) >= 11 is 0. The van der Waals surface area contributed by atoms with Gasteiger partial charge in [-0.1, -0.05) is 0 Å². The van der Waals surface area contributed by atoms with E-state index in [1.807, 2.05) is 4.90 Å². The van der Waals surface area contributed by atoms with Gasteiger partial charge in [0.15, 0.2) is 5.78 Å². The highest BCUT2D eigenvalue weighted by Gasteiger charge is 2.08. The number of aliphatic hydroxyl groups is 1. The number of nitrogens with zero attached hydrogens (tertiary/aromatic N) is 1. The van der Waals surface area contributed by atoms with Crippen LogP contribution in [0, 0.1) is 0 Å². The van der Waals surface area contributed by atoms with Crippen LogP contribution in [-0.4, -0.2) is 69.3 Å². The van der Waals surface area contributed by atoms with Crippen molar-refractivity contribution in [2.24, 2.45) is 0 Å². The fraction of sp³-hybridized carbons (Fsp3) is 0.889. The number of nitrogens with one attached hydrogen (secondary N) is 1. The maximum Gasteiger partial charge on any atom is 0.160 e. The number of likely N-dealkylation sites (N-methyl/N-ethyl adjacent to an activating group) is 1. The minimum Gasteiger partial charge on any atom is -0.395 e. The van der Waals surface area contributed by atoms with Gasteiger partial charge in [0.2, 0.25) is 0 Å². The highest BCUT2D eigenvalue weighted by molar-refractivity contribution is 5.82. The highest BCUT2D eigenvalue weighted by atomic mass is 16.5. The Hall–Kier alpha value is -0.490. The summed E-state index contributed by atoms with van der Waals surface area (Å²) < 4.78 is 4.91. The first-order valence-electron chi connectivity index (χ1n) is 4.73. The molecule has 0 aromatic heterocycles. The molecule has 2 N–H and O–H groups in total. The van der Waals surface area contributed by atoms with Crippen molar-refractivity contribution in [3.05, 3.63) is 0 Å². The number of carbonyl (C=O) groups is 1. The van der Waals surface area contributed by atoms with Crippen LogP contribution in [0.2, 0.25) is 0 Å². The number of Topliss-reactive ketones (excluding diaryl/α,β-unsaturated/α-hetero) is 1. The predicted octanol–water partition coefficient (Wildman–Crippen LogP) is -1.28. The molecular weight excluding hydrogens is 184 g/mol. The lowest BCUT2D eigenvalue weighted by Gasteiger charge is -2.19. The summed E-state index contributed by atoms with van der Waals surface area (Å²) in [4.78, 5) is 13.1. The van der Waals surface area contributed by atoms with Gasteiger partial charge >= 0.3 is 0 Å². The molecule has 0 aliphatic rings. The molecule has 5 heteroatoms. The van der Waals surface area contributed by atoms with Gasteiger partial charge in [0, 0.05) is 20.2 Å². The van der Waals surface area contributed by atoms with E-state index in [0.29, 0.717) is 32.8 Å². The van der Waals surface area contributed by atoms with Crippen molar-refractivity contribution in [2.75, 3.05) is 53.6 Å². The van der Waals surface area contributed by atoms with E-state index in [2.05, 4.69) is 5.32 Å². The van der Waals surface area contributed by atoms with Gasteiger partial charge in [-0.05, 0) is 7.05 Å². The van der Waals surface area contributed by atoms with Gasteiger partial charge in [-0.3, -0.25) is 9.69 Å². The lowest BCUT2D eigenvalue weighted by atomic mass is 10.3. The van der Waals surface area contributed by atoms with Gasteiger partial charge in [-0.25, -0.2) is 0 Å². The number of hydrogen-bond donors (Lipinski definition) is 2. The number of rotatable bonds is 9.